The van der Waals surface area contributed by atoms with Crippen molar-refractivity contribution in [1.82, 2.24) is 4.98 Å². The molecule has 2 atom stereocenters. The number of aromatic nitrogens is 1. The zero-order chi connectivity index (χ0) is 21.0. The number of pyridine rings is 1. The van der Waals surface area contributed by atoms with Crippen LogP contribution in [0.2, 0.25) is 0 Å². The summed E-state index contributed by atoms with van der Waals surface area (Å²) in [5, 5.41) is 0. The van der Waals surface area contributed by atoms with Crippen LogP contribution < -0.4 is 9.47 Å². The van der Waals surface area contributed by atoms with Crippen molar-refractivity contribution in [3.8, 4) is 22.8 Å². The Kier molecular flexibility index (Phi) is 4.31. The Balaban J connectivity index is 1.50. The third kappa shape index (κ3) is 3.12. The van der Waals surface area contributed by atoms with Crippen LogP contribution in [0.4, 0.5) is 8.78 Å². The van der Waals surface area contributed by atoms with Gasteiger partial charge in [-0.2, -0.15) is 0 Å². The summed E-state index contributed by atoms with van der Waals surface area (Å²) >= 11 is 0. The van der Waals surface area contributed by atoms with Crippen molar-refractivity contribution in [2.75, 3.05) is 0 Å². The van der Waals surface area contributed by atoms with E-state index in [0.717, 1.165) is 5.56 Å². The highest BCUT2D eigenvalue weighted by molar-refractivity contribution is 6.11. The molecule has 2 aromatic carbocycles. The number of ether oxygens (including phenoxy) is 2. The van der Waals surface area contributed by atoms with Crippen molar-refractivity contribution < 1.29 is 23.0 Å². The predicted molar refractivity (Wildman–Crippen MR) is 107 cm³/mol. The third-order valence-corrected chi connectivity index (χ3v) is 5.46. The number of benzene rings is 2. The van der Waals surface area contributed by atoms with Gasteiger partial charge in [0.15, 0.2) is 5.78 Å². The average Bonchev–Trinajstić information content (AvgIpc) is 3.26. The average molecular weight is 407 g/mol. The Labute approximate surface area is 172 Å². The van der Waals surface area contributed by atoms with Gasteiger partial charge in [-0.05, 0) is 50.2 Å². The minimum Gasteiger partial charge on any atom is -0.489 e. The van der Waals surface area contributed by atoms with Gasteiger partial charge in [-0.15, -0.1) is 0 Å². The molecule has 2 unspecified atom stereocenters. The maximum Gasteiger partial charge on any atom is 0.198 e. The van der Waals surface area contributed by atoms with Gasteiger partial charge in [0.05, 0.1) is 11.3 Å². The molecule has 0 spiro atoms. The van der Waals surface area contributed by atoms with Crippen molar-refractivity contribution in [3.05, 3.63) is 76.5 Å². The fraction of sp³-hybridized carbons (Fsp3) is 0.250. The van der Waals surface area contributed by atoms with Gasteiger partial charge >= 0.3 is 0 Å². The van der Waals surface area contributed by atoms with E-state index in [1.165, 1.54) is 30.5 Å². The van der Waals surface area contributed by atoms with Crippen LogP contribution in [0.25, 0.3) is 11.3 Å². The normalized spacial score (nSPS) is 19.1. The van der Waals surface area contributed by atoms with Gasteiger partial charge < -0.3 is 9.47 Å². The zero-order valence-corrected chi connectivity index (χ0v) is 16.5. The highest BCUT2D eigenvalue weighted by atomic mass is 19.1. The van der Waals surface area contributed by atoms with Gasteiger partial charge in [0.2, 0.25) is 0 Å². The molecule has 0 aliphatic carbocycles. The number of carbonyl (C=O) groups is 1. The number of rotatable bonds is 3. The molecule has 6 heteroatoms. The molecule has 0 amide bonds. The number of carbonyl (C=O) groups excluding carboxylic acids is 1. The van der Waals surface area contributed by atoms with E-state index < -0.39 is 5.82 Å². The lowest BCUT2D eigenvalue weighted by Gasteiger charge is -2.11. The van der Waals surface area contributed by atoms with Gasteiger partial charge in [0, 0.05) is 41.3 Å². The second-order valence-electron chi connectivity index (χ2n) is 7.91. The SMILES string of the molecule is CC1Cc2cc(F)cc(C(=O)c3ccc(-c4cc(F)cc5c4OC(C)C5)nc3)c2O1. The zero-order valence-electron chi connectivity index (χ0n) is 16.5. The first kappa shape index (κ1) is 18.7. The molecule has 3 aromatic rings. The molecule has 0 fully saturated rings. The van der Waals surface area contributed by atoms with E-state index in [1.54, 1.807) is 12.1 Å². The molecule has 0 bridgehead atoms. The van der Waals surface area contributed by atoms with E-state index in [2.05, 4.69) is 4.98 Å². The van der Waals surface area contributed by atoms with Crippen LogP contribution in [0.1, 0.15) is 40.9 Å². The lowest BCUT2D eigenvalue weighted by atomic mass is 9.99. The van der Waals surface area contributed by atoms with Crippen LogP contribution in [0.5, 0.6) is 11.5 Å². The Bertz CT molecular complexity index is 1170. The molecular formula is C24H19F2NO3. The van der Waals surface area contributed by atoms with Gasteiger partial charge in [0.1, 0.15) is 35.3 Å². The number of hydrogen-bond acceptors (Lipinski definition) is 4. The van der Waals surface area contributed by atoms with Gasteiger partial charge in [0.25, 0.3) is 0 Å². The van der Waals surface area contributed by atoms with Crippen molar-refractivity contribution in [2.24, 2.45) is 0 Å². The maximum absolute atomic E-state index is 14.1. The minimum atomic E-state index is -0.471. The molecule has 4 nitrogen and oxygen atoms in total. The summed E-state index contributed by atoms with van der Waals surface area (Å²) in [6.45, 7) is 3.81. The van der Waals surface area contributed by atoms with Gasteiger partial charge in [-0.1, -0.05) is 0 Å². The smallest absolute Gasteiger partial charge is 0.198 e. The molecule has 152 valence electrons. The number of ketones is 1. The Morgan fingerprint density at radius 2 is 1.57 bits per heavy atom. The number of hydrogen-bond donors (Lipinski definition) is 0. The molecule has 2 aliphatic rings. The Morgan fingerprint density at radius 3 is 2.23 bits per heavy atom. The van der Waals surface area contributed by atoms with Crippen LogP contribution in [-0.2, 0) is 12.8 Å². The lowest BCUT2D eigenvalue weighted by Crippen LogP contribution is -2.08. The largest absolute Gasteiger partial charge is 0.489 e. The number of nitrogens with zero attached hydrogens (tertiary/aromatic N) is 1. The van der Waals surface area contributed by atoms with Crippen LogP contribution in [0, 0.1) is 11.6 Å². The fourth-order valence-corrected chi connectivity index (χ4v) is 4.19. The maximum atomic E-state index is 14.1. The molecule has 0 saturated heterocycles. The van der Waals surface area contributed by atoms with Gasteiger partial charge in [-0.3, -0.25) is 9.78 Å². The van der Waals surface area contributed by atoms with Crippen molar-refractivity contribution in [2.45, 2.75) is 38.9 Å². The van der Waals surface area contributed by atoms with Crippen molar-refractivity contribution >= 4 is 5.78 Å². The van der Waals surface area contributed by atoms with E-state index in [-0.39, 0.29) is 29.4 Å². The molecule has 2 aliphatic heterocycles. The highest BCUT2D eigenvalue weighted by Crippen LogP contribution is 2.39. The summed E-state index contributed by atoms with van der Waals surface area (Å²) in [6.07, 6.45) is 2.49. The van der Waals surface area contributed by atoms with E-state index >= 15 is 0 Å². The van der Waals surface area contributed by atoms with Crippen LogP contribution in [0.3, 0.4) is 0 Å². The second kappa shape index (κ2) is 6.90. The summed E-state index contributed by atoms with van der Waals surface area (Å²) in [7, 11) is 0. The Morgan fingerprint density at radius 1 is 0.933 bits per heavy atom. The highest BCUT2D eigenvalue weighted by Gasteiger charge is 2.28. The van der Waals surface area contributed by atoms with E-state index in [4.69, 9.17) is 9.47 Å². The first-order chi connectivity index (χ1) is 14.4. The molecule has 0 saturated carbocycles. The number of fused-ring (bicyclic) bond motifs is 2. The van der Waals surface area contributed by atoms with Crippen molar-refractivity contribution in [1.29, 1.82) is 0 Å². The standard InChI is InChI=1S/C24H19F2NO3/c1-12-5-15-7-17(25)9-19(23(15)29-12)21-4-3-14(11-27-21)22(28)20-10-18(26)8-16-6-13(2)30-24(16)20/h3-4,7-13H,5-6H2,1-2H3. The Hall–Kier alpha value is -3.28. The second-order valence-corrected chi connectivity index (χ2v) is 7.91. The van der Waals surface area contributed by atoms with Crippen LogP contribution in [0.15, 0.2) is 42.6 Å². The third-order valence-electron chi connectivity index (χ3n) is 5.46. The molecule has 0 N–H and O–H groups in total. The topological polar surface area (TPSA) is 48.4 Å². The molecular weight excluding hydrogens is 388 g/mol. The predicted octanol–water partition coefficient (Wildman–Crippen LogP) is 4.90. The summed E-state index contributed by atoms with van der Waals surface area (Å²) in [6, 6.07) is 8.72. The molecule has 1 aromatic heterocycles. The first-order valence-electron chi connectivity index (χ1n) is 9.88. The van der Waals surface area contributed by atoms with Gasteiger partial charge in [-0.25, -0.2) is 8.78 Å². The van der Waals surface area contributed by atoms with Crippen LogP contribution >= 0.6 is 0 Å². The van der Waals surface area contributed by atoms with Crippen molar-refractivity contribution in [3.63, 3.8) is 0 Å². The molecule has 30 heavy (non-hydrogen) atoms. The summed E-state index contributed by atoms with van der Waals surface area (Å²) < 4.78 is 39.7. The quantitative estimate of drug-likeness (QED) is 0.579. The molecule has 3 heterocycles. The van der Waals surface area contributed by atoms with E-state index in [9.17, 15) is 13.6 Å². The van der Waals surface area contributed by atoms with E-state index in [1.807, 2.05) is 13.8 Å². The lowest BCUT2D eigenvalue weighted by molar-refractivity contribution is 0.103. The summed E-state index contributed by atoms with van der Waals surface area (Å²) in [4.78, 5) is 17.4. The summed E-state index contributed by atoms with van der Waals surface area (Å²) in [5.41, 5.74) is 3.05. The number of halogens is 2. The molecule has 0 radical (unpaired) electrons. The van der Waals surface area contributed by atoms with Crippen LogP contribution in [-0.4, -0.2) is 23.0 Å². The van der Waals surface area contributed by atoms with E-state index in [0.29, 0.717) is 46.7 Å². The monoisotopic (exact) mass is 407 g/mol. The fourth-order valence-electron chi connectivity index (χ4n) is 4.19. The summed E-state index contributed by atoms with van der Waals surface area (Å²) in [5.74, 6) is -0.136. The first-order valence-corrected chi connectivity index (χ1v) is 9.88. The minimum absolute atomic E-state index is 0.0288. The molecule has 5 rings (SSSR count).